The summed E-state index contributed by atoms with van der Waals surface area (Å²) in [5.74, 6) is 1.46. The maximum Gasteiger partial charge on any atom is 0.407 e. The number of hydrogen-bond acceptors (Lipinski definition) is 8. The second-order valence-electron chi connectivity index (χ2n) is 7.47. The van der Waals surface area contributed by atoms with Crippen molar-refractivity contribution in [3.05, 3.63) is 52.2 Å². The molecule has 0 bridgehead atoms. The number of nitrogens with zero attached hydrogens (tertiary/aromatic N) is 4. The highest BCUT2D eigenvalue weighted by Crippen LogP contribution is 2.22. The zero-order valence-electron chi connectivity index (χ0n) is 17.1. The van der Waals surface area contributed by atoms with Gasteiger partial charge in [0.2, 0.25) is 5.95 Å². The summed E-state index contributed by atoms with van der Waals surface area (Å²) in [6.45, 7) is 0.0697. The molecule has 10 nitrogen and oxygen atoms in total. The van der Waals surface area contributed by atoms with E-state index in [1.54, 1.807) is 18.3 Å². The third kappa shape index (κ3) is 6.03. The van der Waals surface area contributed by atoms with Gasteiger partial charge in [0.05, 0.1) is 4.92 Å². The van der Waals surface area contributed by atoms with E-state index in [0.717, 1.165) is 31.5 Å². The standard InChI is InChI=1S/C20H26N6O4/c1-25(2)18-11-12-21-19(24-18)22-15-5-7-16(8-6-15)23-20(27)30-13-14-3-9-17(10-4-14)26(28)29/h3-4,9-12,15-16H,5-8,13H2,1-2H3,(H,23,27)(H,21,22,24). The van der Waals surface area contributed by atoms with Crippen molar-refractivity contribution < 1.29 is 14.5 Å². The second kappa shape index (κ2) is 9.86. The van der Waals surface area contributed by atoms with E-state index in [1.807, 2.05) is 25.1 Å². The van der Waals surface area contributed by atoms with Crippen LogP contribution in [0.25, 0.3) is 0 Å². The predicted octanol–water partition coefficient (Wildman–Crippen LogP) is 3.10. The van der Waals surface area contributed by atoms with Crippen LogP contribution < -0.4 is 15.5 Å². The summed E-state index contributed by atoms with van der Waals surface area (Å²) in [5.41, 5.74) is 0.705. The fourth-order valence-corrected chi connectivity index (χ4v) is 3.30. The molecule has 1 fully saturated rings. The largest absolute Gasteiger partial charge is 0.445 e. The Balaban J connectivity index is 1.39. The average molecular weight is 414 g/mol. The number of rotatable bonds is 7. The number of non-ortho nitro benzene ring substituents is 1. The number of nitro groups is 1. The molecular formula is C20H26N6O4. The number of nitro benzene ring substituents is 1. The van der Waals surface area contributed by atoms with Gasteiger partial charge in [0.15, 0.2) is 0 Å². The fraction of sp³-hybridized carbons (Fsp3) is 0.450. The fourth-order valence-electron chi connectivity index (χ4n) is 3.30. The Bertz CT molecular complexity index is 866. The molecule has 2 aromatic rings. The lowest BCUT2D eigenvalue weighted by Gasteiger charge is -2.29. The topological polar surface area (TPSA) is 123 Å². The molecule has 3 rings (SSSR count). The Morgan fingerprint density at radius 3 is 2.47 bits per heavy atom. The first-order valence-electron chi connectivity index (χ1n) is 9.84. The van der Waals surface area contributed by atoms with Crippen molar-refractivity contribution >= 4 is 23.5 Å². The smallest absolute Gasteiger partial charge is 0.407 e. The number of amides is 1. The monoisotopic (exact) mass is 414 g/mol. The molecule has 1 aliphatic carbocycles. The van der Waals surface area contributed by atoms with Crippen LogP contribution in [-0.4, -0.2) is 47.2 Å². The van der Waals surface area contributed by atoms with E-state index in [-0.39, 0.29) is 24.4 Å². The summed E-state index contributed by atoms with van der Waals surface area (Å²) in [4.78, 5) is 32.9. The molecular weight excluding hydrogens is 388 g/mol. The van der Waals surface area contributed by atoms with Gasteiger partial charge in [-0.15, -0.1) is 0 Å². The number of carbonyl (C=O) groups excluding carboxylic acids is 1. The molecule has 0 spiro atoms. The highest BCUT2D eigenvalue weighted by Gasteiger charge is 2.23. The van der Waals surface area contributed by atoms with Gasteiger partial charge >= 0.3 is 6.09 Å². The molecule has 1 aromatic carbocycles. The maximum atomic E-state index is 12.1. The molecule has 0 radical (unpaired) electrons. The lowest BCUT2D eigenvalue weighted by atomic mass is 9.91. The summed E-state index contributed by atoms with van der Waals surface area (Å²) in [5, 5.41) is 16.9. The summed E-state index contributed by atoms with van der Waals surface area (Å²) < 4.78 is 5.23. The van der Waals surface area contributed by atoms with Crippen LogP contribution in [0.15, 0.2) is 36.5 Å². The van der Waals surface area contributed by atoms with Crippen LogP contribution in [0.4, 0.5) is 22.2 Å². The minimum absolute atomic E-state index is 0.00686. The molecule has 1 amide bonds. The minimum atomic E-state index is -0.480. The Morgan fingerprint density at radius 2 is 1.83 bits per heavy atom. The summed E-state index contributed by atoms with van der Waals surface area (Å²) in [7, 11) is 3.87. The number of nitrogens with one attached hydrogen (secondary N) is 2. The molecule has 1 aliphatic rings. The van der Waals surface area contributed by atoms with Crippen LogP contribution in [0.5, 0.6) is 0 Å². The lowest BCUT2D eigenvalue weighted by Crippen LogP contribution is -2.40. The third-order valence-corrected chi connectivity index (χ3v) is 5.00. The number of anilines is 2. The van der Waals surface area contributed by atoms with Gasteiger partial charge in [0.25, 0.3) is 5.69 Å². The van der Waals surface area contributed by atoms with Crippen LogP contribution in [0.2, 0.25) is 0 Å². The Morgan fingerprint density at radius 1 is 1.17 bits per heavy atom. The van der Waals surface area contributed by atoms with Gasteiger partial charge < -0.3 is 20.3 Å². The Kier molecular flexibility index (Phi) is 6.99. The van der Waals surface area contributed by atoms with Gasteiger partial charge in [-0.25, -0.2) is 9.78 Å². The predicted molar refractivity (Wildman–Crippen MR) is 112 cm³/mol. The molecule has 160 valence electrons. The average Bonchev–Trinajstić information content (AvgIpc) is 2.74. The van der Waals surface area contributed by atoms with E-state index < -0.39 is 11.0 Å². The van der Waals surface area contributed by atoms with Gasteiger partial charge in [0, 0.05) is 44.5 Å². The van der Waals surface area contributed by atoms with Crippen LogP contribution in [0, 0.1) is 10.1 Å². The van der Waals surface area contributed by atoms with Crippen molar-refractivity contribution in [2.45, 2.75) is 44.4 Å². The second-order valence-corrected chi connectivity index (χ2v) is 7.47. The van der Waals surface area contributed by atoms with E-state index in [0.29, 0.717) is 11.5 Å². The molecule has 0 saturated heterocycles. The SMILES string of the molecule is CN(C)c1ccnc(NC2CCC(NC(=O)OCc3ccc([N+](=O)[O-])cc3)CC2)n1. The Labute approximate surface area is 174 Å². The zero-order chi connectivity index (χ0) is 21.5. The van der Waals surface area contributed by atoms with E-state index in [9.17, 15) is 14.9 Å². The van der Waals surface area contributed by atoms with Gasteiger partial charge in [0.1, 0.15) is 12.4 Å². The molecule has 0 atom stereocenters. The van der Waals surface area contributed by atoms with Gasteiger partial charge in [-0.05, 0) is 49.4 Å². The molecule has 1 aromatic heterocycles. The number of ether oxygens (including phenoxy) is 1. The Hall–Kier alpha value is -3.43. The number of benzene rings is 1. The maximum absolute atomic E-state index is 12.1. The highest BCUT2D eigenvalue weighted by molar-refractivity contribution is 5.67. The number of alkyl carbamates (subject to hydrolysis) is 1. The van der Waals surface area contributed by atoms with Crippen LogP contribution in [0.1, 0.15) is 31.2 Å². The van der Waals surface area contributed by atoms with E-state index in [1.165, 1.54) is 12.1 Å². The van der Waals surface area contributed by atoms with Gasteiger partial charge in [-0.2, -0.15) is 4.98 Å². The van der Waals surface area contributed by atoms with E-state index >= 15 is 0 Å². The first-order chi connectivity index (χ1) is 14.4. The normalized spacial score (nSPS) is 18.3. The zero-order valence-corrected chi connectivity index (χ0v) is 17.1. The first-order valence-corrected chi connectivity index (χ1v) is 9.84. The molecule has 0 aliphatic heterocycles. The van der Waals surface area contributed by atoms with Crippen molar-refractivity contribution in [3.8, 4) is 0 Å². The molecule has 30 heavy (non-hydrogen) atoms. The van der Waals surface area contributed by atoms with Crippen molar-refractivity contribution in [1.29, 1.82) is 0 Å². The van der Waals surface area contributed by atoms with Crippen molar-refractivity contribution in [2.75, 3.05) is 24.3 Å². The van der Waals surface area contributed by atoms with Crippen molar-refractivity contribution in [1.82, 2.24) is 15.3 Å². The van der Waals surface area contributed by atoms with Gasteiger partial charge in [-0.3, -0.25) is 10.1 Å². The molecule has 0 unspecified atom stereocenters. The van der Waals surface area contributed by atoms with Crippen molar-refractivity contribution in [3.63, 3.8) is 0 Å². The number of carbonyl (C=O) groups is 1. The van der Waals surface area contributed by atoms with E-state index in [2.05, 4.69) is 20.6 Å². The first kappa shape index (κ1) is 21.3. The number of aromatic nitrogens is 2. The van der Waals surface area contributed by atoms with Crippen LogP contribution >= 0.6 is 0 Å². The van der Waals surface area contributed by atoms with Crippen LogP contribution in [-0.2, 0) is 11.3 Å². The van der Waals surface area contributed by atoms with Crippen molar-refractivity contribution in [2.24, 2.45) is 0 Å². The van der Waals surface area contributed by atoms with Crippen LogP contribution in [0.3, 0.4) is 0 Å². The summed E-state index contributed by atoms with van der Waals surface area (Å²) >= 11 is 0. The third-order valence-electron chi connectivity index (χ3n) is 5.00. The lowest BCUT2D eigenvalue weighted by molar-refractivity contribution is -0.384. The summed E-state index contributed by atoms with van der Waals surface area (Å²) in [6.07, 6.45) is 4.70. The minimum Gasteiger partial charge on any atom is -0.445 e. The van der Waals surface area contributed by atoms with E-state index in [4.69, 9.17) is 4.74 Å². The summed E-state index contributed by atoms with van der Waals surface area (Å²) in [6, 6.07) is 8.11. The highest BCUT2D eigenvalue weighted by atomic mass is 16.6. The molecule has 1 saturated carbocycles. The van der Waals surface area contributed by atoms with Gasteiger partial charge in [-0.1, -0.05) is 0 Å². The quantitative estimate of drug-likeness (QED) is 0.523. The molecule has 10 heteroatoms. The molecule has 1 heterocycles. The molecule has 2 N–H and O–H groups in total. The number of hydrogen-bond donors (Lipinski definition) is 2.